The third-order valence-corrected chi connectivity index (χ3v) is 6.66. The van der Waals surface area contributed by atoms with Gasteiger partial charge in [-0.3, -0.25) is 24.8 Å². The number of non-ortho nitro benzene ring substituents is 2. The van der Waals surface area contributed by atoms with Crippen LogP contribution in [0.2, 0.25) is 0 Å². The molecule has 0 aliphatic heterocycles. The third kappa shape index (κ3) is 4.15. The molecule has 162 valence electrons. The molecule has 0 fully saturated rings. The standard InChI is InChI=1S/C21H17N5O4S2/c1-23(2)20-19(18-4-3-13-31-18)24(15-9-11-17(12-10-15)26(29)30)21(32-20)22-14-5-7-16(8-6-14)25(27)28/h3-13H,1-2H3. The van der Waals surface area contributed by atoms with Crippen molar-refractivity contribution < 1.29 is 9.85 Å². The Labute approximate surface area is 190 Å². The second-order valence-electron chi connectivity index (χ2n) is 6.90. The van der Waals surface area contributed by atoms with E-state index in [1.54, 1.807) is 35.6 Å². The van der Waals surface area contributed by atoms with E-state index < -0.39 is 9.85 Å². The minimum atomic E-state index is -0.453. The van der Waals surface area contributed by atoms with Gasteiger partial charge in [0.1, 0.15) is 5.00 Å². The number of benzene rings is 2. The molecule has 0 N–H and O–H groups in total. The maximum absolute atomic E-state index is 11.1. The van der Waals surface area contributed by atoms with Crippen LogP contribution < -0.4 is 9.70 Å². The first-order valence-electron chi connectivity index (χ1n) is 9.36. The van der Waals surface area contributed by atoms with Crippen molar-refractivity contribution in [1.82, 2.24) is 4.57 Å². The molecular formula is C21H17N5O4S2. The van der Waals surface area contributed by atoms with Crippen LogP contribution in [0.15, 0.2) is 71.0 Å². The lowest BCUT2D eigenvalue weighted by Crippen LogP contribution is -2.14. The Hall–Kier alpha value is -3.83. The molecule has 0 amide bonds. The van der Waals surface area contributed by atoms with E-state index in [2.05, 4.69) is 0 Å². The second-order valence-corrected chi connectivity index (χ2v) is 8.81. The van der Waals surface area contributed by atoms with Gasteiger partial charge in [0.05, 0.1) is 26.1 Å². The predicted octanol–water partition coefficient (Wildman–Crippen LogP) is 5.38. The highest BCUT2D eigenvalue weighted by molar-refractivity contribution is 7.16. The zero-order valence-electron chi connectivity index (χ0n) is 17.0. The summed E-state index contributed by atoms with van der Waals surface area (Å²) < 4.78 is 1.96. The summed E-state index contributed by atoms with van der Waals surface area (Å²) in [6.45, 7) is 0. The van der Waals surface area contributed by atoms with E-state index in [9.17, 15) is 20.2 Å². The minimum absolute atomic E-state index is 0.00365. The third-order valence-electron chi connectivity index (χ3n) is 4.57. The number of nitro groups is 2. The molecule has 0 bridgehead atoms. The van der Waals surface area contributed by atoms with Crippen LogP contribution in [0.5, 0.6) is 0 Å². The van der Waals surface area contributed by atoms with E-state index in [1.807, 2.05) is 41.1 Å². The van der Waals surface area contributed by atoms with Crippen molar-refractivity contribution in [2.45, 2.75) is 0 Å². The Morgan fingerprint density at radius 2 is 1.50 bits per heavy atom. The number of hydrogen-bond acceptors (Lipinski definition) is 8. The van der Waals surface area contributed by atoms with Crippen LogP contribution >= 0.6 is 22.7 Å². The number of hydrogen-bond donors (Lipinski definition) is 0. The average Bonchev–Trinajstić information content (AvgIpc) is 3.42. The number of thiophene rings is 1. The van der Waals surface area contributed by atoms with Crippen molar-refractivity contribution in [3.05, 3.63) is 91.1 Å². The van der Waals surface area contributed by atoms with Gasteiger partial charge in [0.2, 0.25) is 0 Å². The van der Waals surface area contributed by atoms with Crippen LogP contribution in [0.1, 0.15) is 0 Å². The number of anilines is 1. The number of nitrogens with zero attached hydrogens (tertiary/aromatic N) is 5. The zero-order chi connectivity index (χ0) is 22.8. The van der Waals surface area contributed by atoms with Gasteiger partial charge in [0.25, 0.3) is 11.4 Å². The molecule has 2 heterocycles. The molecule has 2 aromatic heterocycles. The molecule has 0 radical (unpaired) electrons. The Morgan fingerprint density at radius 3 is 2.00 bits per heavy atom. The number of aromatic nitrogens is 1. The van der Waals surface area contributed by atoms with Crippen molar-refractivity contribution >= 4 is 44.7 Å². The van der Waals surface area contributed by atoms with Crippen LogP contribution in [0.3, 0.4) is 0 Å². The molecule has 0 atom stereocenters. The SMILES string of the molecule is CN(C)c1sc(=Nc2ccc([N+](=O)[O-])cc2)n(-c2ccc([N+](=O)[O-])cc2)c1-c1cccs1. The van der Waals surface area contributed by atoms with Crippen molar-refractivity contribution in [2.24, 2.45) is 4.99 Å². The highest BCUT2D eigenvalue weighted by atomic mass is 32.1. The fourth-order valence-corrected chi connectivity index (χ4v) is 5.02. The van der Waals surface area contributed by atoms with Gasteiger partial charge in [-0.15, -0.1) is 11.3 Å². The van der Waals surface area contributed by atoms with Gasteiger partial charge in [-0.05, 0) is 35.7 Å². The molecule has 4 aromatic rings. The number of rotatable bonds is 6. The summed E-state index contributed by atoms with van der Waals surface area (Å²) in [6, 6.07) is 16.3. The largest absolute Gasteiger partial charge is 0.368 e. The van der Waals surface area contributed by atoms with Crippen LogP contribution in [-0.4, -0.2) is 28.5 Å². The molecular weight excluding hydrogens is 450 g/mol. The highest BCUT2D eigenvalue weighted by Gasteiger charge is 2.20. The van der Waals surface area contributed by atoms with Crippen molar-refractivity contribution in [3.63, 3.8) is 0 Å². The molecule has 2 aromatic carbocycles. The van der Waals surface area contributed by atoms with E-state index in [1.165, 1.54) is 35.6 Å². The molecule has 0 aliphatic carbocycles. The van der Waals surface area contributed by atoms with E-state index in [-0.39, 0.29) is 11.4 Å². The van der Waals surface area contributed by atoms with Crippen LogP contribution in [0.4, 0.5) is 22.1 Å². The van der Waals surface area contributed by atoms with E-state index in [4.69, 9.17) is 4.99 Å². The smallest absolute Gasteiger partial charge is 0.269 e. The summed E-state index contributed by atoms with van der Waals surface area (Å²) in [5.41, 5.74) is 2.21. The Kier molecular flexibility index (Phi) is 5.84. The maximum atomic E-state index is 11.1. The van der Waals surface area contributed by atoms with Gasteiger partial charge in [-0.1, -0.05) is 17.4 Å². The Bertz CT molecular complexity index is 1340. The van der Waals surface area contributed by atoms with Gasteiger partial charge >= 0.3 is 0 Å². The Balaban J connectivity index is 1.98. The van der Waals surface area contributed by atoms with E-state index in [0.29, 0.717) is 10.5 Å². The fourth-order valence-electron chi connectivity index (χ4n) is 3.10. The predicted molar refractivity (Wildman–Crippen MR) is 126 cm³/mol. The maximum Gasteiger partial charge on any atom is 0.269 e. The molecule has 4 rings (SSSR count). The normalized spacial score (nSPS) is 11.5. The van der Waals surface area contributed by atoms with Crippen molar-refractivity contribution in [1.29, 1.82) is 0 Å². The Morgan fingerprint density at radius 1 is 0.906 bits per heavy atom. The highest BCUT2D eigenvalue weighted by Crippen LogP contribution is 2.37. The number of thiazole rings is 1. The van der Waals surface area contributed by atoms with Gasteiger partial charge in [0, 0.05) is 44.0 Å². The van der Waals surface area contributed by atoms with Gasteiger partial charge in [-0.2, -0.15) is 0 Å². The quantitative estimate of drug-likeness (QED) is 0.279. The van der Waals surface area contributed by atoms with E-state index >= 15 is 0 Å². The molecule has 9 nitrogen and oxygen atoms in total. The van der Waals surface area contributed by atoms with Crippen molar-refractivity contribution in [2.75, 3.05) is 19.0 Å². The summed E-state index contributed by atoms with van der Waals surface area (Å²) in [5.74, 6) is 0. The van der Waals surface area contributed by atoms with E-state index in [0.717, 1.165) is 21.3 Å². The molecule has 0 saturated heterocycles. The van der Waals surface area contributed by atoms with Gasteiger partial charge in [0.15, 0.2) is 4.80 Å². The van der Waals surface area contributed by atoms with Crippen LogP contribution in [0, 0.1) is 20.2 Å². The average molecular weight is 468 g/mol. The summed E-state index contributed by atoms with van der Waals surface area (Å²) in [5, 5.41) is 25.0. The summed E-state index contributed by atoms with van der Waals surface area (Å²) in [7, 11) is 3.89. The second kappa shape index (κ2) is 8.73. The first-order valence-corrected chi connectivity index (χ1v) is 11.1. The van der Waals surface area contributed by atoms with Crippen molar-refractivity contribution in [3.8, 4) is 16.3 Å². The lowest BCUT2D eigenvalue weighted by atomic mass is 10.2. The summed E-state index contributed by atoms with van der Waals surface area (Å²) >= 11 is 3.05. The molecule has 0 saturated carbocycles. The van der Waals surface area contributed by atoms with Gasteiger partial charge in [-0.25, -0.2) is 4.99 Å². The molecule has 0 spiro atoms. The molecule has 32 heavy (non-hydrogen) atoms. The molecule has 0 unspecified atom stereocenters. The molecule has 11 heteroatoms. The first-order chi connectivity index (χ1) is 15.3. The van der Waals surface area contributed by atoms with Crippen LogP contribution in [0.25, 0.3) is 16.3 Å². The number of nitro benzene ring substituents is 2. The fraction of sp³-hybridized carbons (Fsp3) is 0.0952. The summed E-state index contributed by atoms with van der Waals surface area (Å²) in [6.07, 6.45) is 0. The van der Waals surface area contributed by atoms with Gasteiger partial charge < -0.3 is 4.90 Å². The zero-order valence-corrected chi connectivity index (χ0v) is 18.7. The monoisotopic (exact) mass is 467 g/mol. The summed E-state index contributed by atoms with van der Waals surface area (Å²) in [4.78, 5) is 29.6. The lowest BCUT2D eigenvalue weighted by Gasteiger charge is -2.14. The first kappa shape index (κ1) is 21.4. The molecule has 0 aliphatic rings. The minimum Gasteiger partial charge on any atom is -0.368 e. The van der Waals surface area contributed by atoms with Crippen LogP contribution in [-0.2, 0) is 0 Å². The topological polar surface area (TPSA) is 107 Å². The lowest BCUT2D eigenvalue weighted by molar-refractivity contribution is -0.385.